The molecular weight excluding hydrogens is 226 g/mol. The molecule has 16 heavy (non-hydrogen) atoms. The van der Waals surface area contributed by atoms with Gasteiger partial charge in [0.1, 0.15) is 5.75 Å². The second kappa shape index (κ2) is 4.07. The number of sulfonamides is 1. The zero-order valence-electron chi connectivity index (χ0n) is 9.09. The van der Waals surface area contributed by atoms with E-state index in [2.05, 4.69) is 0 Å². The minimum absolute atomic E-state index is 0.0162. The highest BCUT2D eigenvalue weighted by atomic mass is 32.2. The van der Waals surface area contributed by atoms with E-state index in [-0.39, 0.29) is 17.8 Å². The van der Waals surface area contributed by atoms with Gasteiger partial charge in [0.25, 0.3) is 0 Å². The summed E-state index contributed by atoms with van der Waals surface area (Å²) in [4.78, 5) is 0. The van der Waals surface area contributed by atoms with Crippen LogP contribution in [0.4, 0.5) is 0 Å². The Bertz CT molecular complexity index is 484. The van der Waals surface area contributed by atoms with Crippen molar-refractivity contribution < 1.29 is 13.2 Å². The molecule has 0 fully saturated rings. The summed E-state index contributed by atoms with van der Waals surface area (Å²) >= 11 is 0. The average Bonchev–Trinajstić information content (AvgIpc) is 2.14. The first kappa shape index (κ1) is 11.4. The van der Waals surface area contributed by atoms with Gasteiger partial charge >= 0.3 is 0 Å². The fourth-order valence-corrected chi connectivity index (χ4v) is 3.03. The molecule has 0 saturated carbocycles. The summed E-state index contributed by atoms with van der Waals surface area (Å²) in [6.07, 6.45) is 0.717. The number of nitrogens with two attached hydrogens (primary N) is 1. The van der Waals surface area contributed by atoms with E-state index < -0.39 is 10.0 Å². The molecule has 1 aromatic carbocycles. The van der Waals surface area contributed by atoms with Crippen molar-refractivity contribution >= 4 is 10.0 Å². The monoisotopic (exact) mass is 241 g/mol. The van der Waals surface area contributed by atoms with Crippen molar-refractivity contribution in [3.63, 3.8) is 0 Å². The predicted octanol–water partition coefficient (Wildman–Crippen LogP) is 1.23. The number of ether oxygens (including phenoxy) is 1. The summed E-state index contributed by atoms with van der Waals surface area (Å²) in [5.41, 5.74) is 0.939. The van der Waals surface area contributed by atoms with E-state index in [9.17, 15) is 8.42 Å². The molecule has 1 aliphatic heterocycles. The second-order valence-corrected chi connectivity index (χ2v) is 5.89. The lowest BCUT2D eigenvalue weighted by Gasteiger charge is -2.29. The molecule has 0 bridgehead atoms. The molecule has 0 amide bonds. The lowest BCUT2D eigenvalue weighted by molar-refractivity contribution is 0.180. The third-order valence-electron chi connectivity index (χ3n) is 2.74. The van der Waals surface area contributed by atoms with Crippen LogP contribution in [-0.4, -0.2) is 20.3 Å². The number of para-hydroxylation sites is 1. The largest absolute Gasteiger partial charge is 0.490 e. The van der Waals surface area contributed by atoms with Gasteiger partial charge in [-0.2, -0.15) is 0 Å². The molecule has 0 aromatic heterocycles. The van der Waals surface area contributed by atoms with E-state index in [0.29, 0.717) is 6.42 Å². The number of primary sulfonamides is 1. The summed E-state index contributed by atoms with van der Waals surface area (Å²) in [5.74, 6) is 0.697. The molecular formula is C11H15NO3S. The van der Waals surface area contributed by atoms with Crippen LogP contribution in [0.2, 0.25) is 0 Å². The molecule has 0 unspecified atom stereocenters. The van der Waals surface area contributed by atoms with Gasteiger partial charge in [0.15, 0.2) is 0 Å². The maximum Gasteiger partial charge on any atom is 0.209 e. The molecule has 5 heteroatoms. The number of benzene rings is 1. The number of hydrogen-bond donors (Lipinski definition) is 1. The minimum atomic E-state index is -3.45. The van der Waals surface area contributed by atoms with Crippen LogP contribution < -0.4 is 9.88 Å². The Morgan fingerprint density at radius 3 is 2.81 bits per heavy atom. The quantitative estimate of drug-likeness (QED) is 0.846. The van der Waals surface area contributed by atoms with Crippen molar-refractivity contribution in [2.24, 2.45) is 5.14 Å². The van der Waals surface area contributed by atoms with E-state index in [1.807, 2.05) is 31.2 Å². The van der Waals surface area contributed by atoms with E-state index in [1.165, 1.54) is 0 Å². The number of rotatable bonds is 2. The Morgan fingerprint density at radius 1 is 1.44 bits per heavy atom. The first-order chi connectivity index (χ1) is 7.46. The summed E-state index contributed by atoms with van der Waals surface area (Å²) in [6, 6.07) is 7.53. The average molecular weight is 241 g/mol. The Morgan fingerprint density at radius 2 is 2.12 bits per heavy atom. The summed E-state index contributed by atoms with van der Waals surface area (Å²) in [6.45, 7) is 1.94. The molecule has 2 rings (SSSR count). The smallest absolute Gasteiger partial charge is 0.209 e. The van der Waals surface area contributed by atoms with E-state index in [0.717, 1.165) is 11.3 Å². The molecule has 1 heterocycles. The lowest BCUT2D eigenvalue weighted by Crippen LogP contribution is -2.29. The third-order valence-corrected chi connectivity index (χ3v) is 3.60. The van der Waals surface area contributed by atoms with Gasteiger partial charge in [-0.15, -0.1) is 0 Å². The number of hydrogen-bond acceptors (Lipinski definition) is 3. The molecule has 0 spiro atoms. The van der Waals surface area contributed by atoms with Crippen LogP contribution in [0.5, 0.6) is 5.75 Å². The molecule has 1 aromatic rings. The van der Waals surface area contributed by atoms with Gasteiger partial charge in [-0.1, -0.05) is 18.2 Å². The fraction of sp³-hybridized carbons (Fsp3) is 0.455. The molecule has 0 aliphatic carbocycles. The third kappa shape index (κ3) is 2.54. The SMILES string of the molecule is C[C@H]1C[C@@H](CS(N)(=O)=O)c2ccccc2O1. The minimum Gasteiger partial charge on any atom is -0.490 e. The van der Waals surface area contributed by atoms with Crippen molar-refractivity contribution in [2.45, 2.75) is 25.4 Å². The fourth-order valence-electron chi connectivity index (χ4n) is 2.16. The van der Waals surface area contributed by atoms with Crippen LogP contribution in [0, 0.1) is 0 Å². The van der Waals surface area contributed by atoms with Crippen molar-refractivity contribution in [3.8, 4) is 5.75 Å². The molecule has 0 radical (unpaired) electrons. The van der Waals surface area contributed by atoms with Gasteiger partial charge in [0, 0.05) is 5.92 Å². The van der Waals surface area contributed by atoms with Crippen molar-refractivity contribution in [3.05, 3.63) is 29.8 Å². The second-order valence-electron chi connectivity index (χ2n) is 4.23. The van der Waals surface area contributed by atoms with Gasteiger partial charge in [-0.05, 0) is 25.0 Å². The van der Waals surface area contributed by atoms with Gasteiger partial charge in [0.2, 0.25) is 10.0 Å². The summed E-state index contributed by atoms with van der Waals surface area (Å²) in [5, 5.41) is 5.10. The molecule has 2 N–H and O–H groups in total. The zero-order chi connectivity index (χ0) is 11.8. The van der Waals surface area contributed by atoms with Crippen LogP contribution >= 0.6 is 0 Å². The predicted molar refractivity (Wildman–Crippen MR) is 61.9 cm³/mol. The van der Waals surface area contributed by atoms with Crippen LogP contribution in [-0.2, 0) is 10.0 Å². The molecule has 0 saturated heterocycles. The lowest BCUT2D eigenvalue weighted by atomic mass is 9.92. The van der Waals surface area contributed by atoms with Gasteiger partial charge in [-0.3, -0.25) is 0 Å². The normalized spacial score (nSPS) is 24.6. The Kier molecular flexibility index (Phi) is 2.90. The van der Waals surface area contributed by atoms with Crippen LogP contribution in [0.1, 0.15) is 24.8 Å². The zero-order valence-corrected chi connectivity index (χ0v) is 9.91. The van der Waals surface area contributed by atoms with E-state index >= 15 is 0 Å². The van der Waals surface area contributed by atoms with Crippen molar-refractivity contribution in [1.82, 2.24) is 0 Å². The Labute approximate surface area is 95.5 Å². The molecule has 88 valence electrons. The van der Waals surface area contributed by atoms with Crippen molar-refractivity contribution in [1.29, 1.82) is 0 Å². The summed E-state index contributed by atoms with van der Waals surface area (Å²) in [7, 11) is -3.45. The highest BCUT2D eigenvalue weighted by Gasteiger charge is 2.28. The first-order valence-electron chi connectivity index (χ1n) is 5.22. The Hall–Kier alpha value is -1.07. The first-order valence-corrected chi connectivity index (χ1v) is 6.93. The van der Waals surface area contributed by atoms with Gasteiger partial charge in [-0.25, -0.2) is 13.6 Å². The molecule has 2 atom stereocenters. The van der Waals surface area contributed by atoms with Crippen LogP contribution in [0.3, 0.4) is 0 Å². The number of fused-ring (bicyclic) bond motifs is 1. The summed E-state index contributed by atoms with van der Waals surface area (Å²) < 4.78 is 27.9. The van der Waals surface area contributed by atoms with Gasteiger partial charge in [0.05, 0.1) is 11.9 Å². The molecule has 1 aliphatic rings. The Balaban J connectivity index is 2.34. The van der Waals surface area contributed by atoms with Crippen LogP contribution in [0.25, 0.3) is 0 Å². The highest BCUT2D eigenvalue weighted by Crippen LogP contribution is 2.36. The maximum absolute atomic E-state index is 11.2. The van der Waals surface area contributed by atoms with Gasteiger partial charge < -0.3 is 4.74 Å². The van der Waals surface area contributed by atoms with Crippen LogP contribution in [0.15, 0.2) is 24.3 Å². The van der Waals surface area contributed by atoms with E-state index in [1.54, 1.807) is 0 Å². The molecule has 4 nitrogen and oxygen atoms in total. The standard InChI is InChI=1S/C11H15NO3S/c1-8-6-9(7-16(12,13)14)10-4-2-3-5-11(10)15-8/h2-5,8-9H,6-7H2,1H3,(H2,12,13,14)/t8-,9-/m0/s1. The highest BCUT2D eigenvalue weighted by molar-refractivity contribution is 7.89. The van der Waals surface area contributed by atoms with Crippen molar-refractivity contribution in [2.75, 3.05) is 5.75 Å². The van der Waals surface area contributed by atoms with E-state index in [4.69, 9.17) is 9.88 Å². The topological polar surface area (TPSA) is 69.4 Å². The maximum atomic E-state index is 11.2.